The first-order valence-electron chi connectivity index (χ1n) is 9.26. The molecule has 0 aliphatic carbocycles. The van der Waals surface area contributed by atoms with E-state index in [-0.39, 0.29) is 19.8 Å². The molecule has 0 saturated carbocycles. The van der Waals surface area contributed by atoms with E-state index in [4.69, 9.17) is 40.1 Å². The number of rotatable bonds is 6. The third kappa shape index (κ3) is 38.4. The molecule has 0 spiro atoms. The summed E-state index contributed by atoms with van der Waals surface area (Å²) >= 11 is 0. The highest BCUT2D eigenvalue weighted by Crippen LogP contribution is 1.96. The number of aliphatic hydroxyl groups is 4. The van der Waals surface area contributed by atoms with Gasteiger partial charge in [-0.3, -0.25) is 0 Å². The average Bonchev–Trinajstić information content (AvgIpc) is 2.73. The van der Waals surface area contributed by atoms with E-state index in [1.807, 2.05) is 0 Å². The third-order valence-electron chi connectivity index (χ3n) is 2.58. The fourth-order valence-electron chi connectivity index (χ4n) is 1.15. The van der Waals surface area contributed by atoms with Gasteiger partial charge in [0.15, 0.2) is 0 Å². The summed E-state index contributed by atoms with van der Waals surface area (Å²) in [7, 11) is 0. The van der Waals surface area contributed by atoms with Crippen molar-refractivity contribution in [2.75, 3.05) is 33.0 Å². The third-order valence-corrected chi connectivity index (χ3v) is 2.58. The molecule has 1 rings (SSSR count). The number of carboxylic acids is 2. The number of hydrogen-bond acceptors (Lipinski definition) is 10. The smallest absolute Gasteiger partial charge is 0.331 e. The normalized spacial score (nSPS) is 15.3. The molecule has 0 aromatic heterocycles. The van der Waals surface area contributed by atoms with Crippen LogP contribution in [0.15, 0.2) is 24.3 Å². The second-order valence-corrected chi connectivity index (χ2v) is 5.57. The molecule has 0 amide bonds. The van der Waals surface area contributed by atoms with Gasteiger partial charge in [-0.15, -0.1) is 0 Å². The van der Waals surface area contributed by atoms with Gasteiger partial charge in [0.25, 0.3) is 0 Å². The Kier molecular flexibility index (Phi) is 26.7. The average molecular weight is 452 g/mol. The summed E-state index contributed by atoms with van der Waals surface area (Å²) in [5, 5.41) is 47.8. The Bertz CT molecular complexity index is 498. The molecule has 0 bridgehead atoms. The van der Waals surface area contributed by atoms with Gasteiger partial charge in [-0.2, -0.15) is 0 Å². The second kappa shape index (κ2) is 25.2. The minimum atomic E-state index is -1.26. The summed E-state index contributed by atoms with van der Waals surface area (Å²) < 4.78 is 9.47. The predicted octanol–water partition coefficient (Wildman–Crippen LogP) is -0.755. The largest absolute Gasteiger partial charge is 0.478 e. The van der Waals surface area contributed by atoms with Crippen LogP contribution in [0.5, 0.6) is 0 Å². The Morgan fingerprint density at radius 2 is 1.23 bits per heavy atom. The van der Waals surface area contributed by atoms with Gasteiger partial charge in [-0.1, -0.05) is 0 Å². The van der Waals surface area contributed by atoms with Crippen molar-refractivity contribution in [1.29, 1.82) is 0 Å². The van der Waals surface area contributed by atoms with Crippen molar-refractivity contribution in [3.63, 3.8) is 0 Å². The van der Waals surface area contributed by atoms with Crippen LogP contribution in [0.3, 0.4) is 0 Å². The highest BCUT2D eigenvalue weighted by molar-refractivity contribution is 5.91. The summed E-state index contributed by atoms with van der Waals surface area (Å²) in [5.74, 6) is -3.50. The molecule has 180 valence electrons. The number of unbranched alkanes of at least 4 members (excludes halogenated alkanes) is 1. The zero-order chi connectivity index (χ0) is 24.5. The van der Waals surface area contributed by atoms with E-state index in [0.717, 1.165) is 37.8 Å². The highest BCUT2D eigenvalue weighted by atomic mass is 16.5. The Morgan fingerprint density at radius 3 is 1.45 bits per heavy atom. The van der Waals surface area contributed by atoms with Crippen molar-refractivity contribution in [2.45, 2.75) is 38.7 Å². The molecule has 0 radical (unpaired) electrons. The molecule has 0 aromatic carbocycles. The summed E-state index contributed by atoms with van der Waals surface area (Å²) in [4.78, 5) is 40.6. The van der Waals surface area contributed by atoms with E-state index in [1.165, 1.54) is 6.92 Å². The van der Waals surface area contributed by atoms with E-state index in [1.54, 1.807) is 0 Å². The Labute approximate surface area is 180 Å². The molecule has 1 atom stereocenters. The summed E-state index contributed by atoms with van der Waals surface area (Å²) in [6.07, 6.45) is 5.61. The van der Waals surface area contributed by atoms with E-state index in [2.05, 4.69) is 0 Å². The number of esters is 2. The van der Waals surface area contributed by atoms with Crippen molar-refractivity contribution in [1.82, 2.24) is 0 Å². The summed E-state index contributed by atoms with van der Waals surface area (Å²) in [6, 6.07) is 0. The second-order valence-electron chi connectivity index (χ2n) is 5.57. The zero-order valence-corrected chi connectivity index (χ0v) is 17.4. The molecule has 12 heteroatoms. The first-order valence-corrected chi connectivity index (χ1v) is 9.26. The lowest BCUT2D eigenvalue weighted by Gasteiger charge is -2.05. The van der Waals surface area contributed by atoms with Gasteiger partial charge in [0.1, 0.15) is 0 Å². The molecule has 1 aliphatic heterocycles. The van der Waals surface area contributed by atoms with Crippen molar-refractivity contribution in [3.05, 3.63) is 24.3 Å². The minimum Gasteiger partial charge on any atom is -0.478 e. The number of carbonyl (C=O) groups excluding carboxylic acids is 2. The molecule has 1 aliphatic rings. The van der Waals surface area contributed by atoms with Crippen LogP contribution in [0, 0.1) is 0 Å². The number of carboxylic acid groups (broad SMARTS) is 2. The van der Waals surface area contributed by atoms with Crippen LogP contribution >= 0.6 is 0 Å². The molecule has 6 N–H and O–H groups in total. The maximum atomic E-state index is 10.7. The minimum absolute atomic E-state index is 0.139. The number of hydrogen-bond donors (Lipinski definition) is 6. The molecular formula is C19H32O12. The quantitative estimate of drug-likeness (QED) is 0.167. The highest BCUT2D eigenvalue weighted by Gasteiger charge is 2.03. The molecule has 1 heterocycles. The monoisotopic (exact) mass is 452 g/mol. The zero-order valence-electron chi connectivity index (χ0n) is 17.4. The van der Waals surface area contributed by atoms with Crippen LogP contribution in [0.2, 0.25) is 0 Å². The van der Waals surface area contributed by atoms with Crippen molar-refractivity contribution < 1.29 is 59.3 Å². The first-order chi connectivity index (χ1) is 14.6. The van der Waals surface area contributed by atoms with Gasteiger partial charge >= 0.3 is 23.9 Å². The maximum Gasteiger partial charge on any atom is 0.331 e. The molecule has 0 saturated heterocycles. The lowest BCUT2D eigenvalue weighted by molar-refractivity contribution is -0.142. The number of carbonyl (C=O) groups is 4. The Balaban J connectivity index is -0.000000361. The van der Waals surface area contributed by atoms with Crippen LogP contribution < -0.4 is 0 Å². The van der Waals surface area contributed by atoms with Gasteiger partial charge in [-0.25, -0.2) is 19.2 Å². The van der Waals surface area contributed by atoms with Crippen molar-refractivity contribution >= 4 is 23.9 Å². The molecular weight excluding hydrogens is 420 g/mol. The van der Waals surface area contributed by atoms with Crippen LogP contribution in [0.4, 0.5) is 0 Å². The Hall–Kier alpha value is -2.80. The van der Waals surface area contributed by atoms with Crippen molar-refractivity contribution in [2.24, 2.45) is 0 Å². The molecule has 1 unspecified atom stereocenters. The number of cyclic esters (lactones) is 2. The van der Waals surface area contributed by atoms with Crippen LogP contribution in [0.1, 0.15) is 32.6 Å². The maximum absolute atomic E-state index is 10.7. The predicted molar refractivity (Wildman–Crippen MR) is 107 cm³/mol. The summed E-state index contributed by atoms with van der Waals surface area (Å²) in [6.45, 7) is 2.56. The number of aliphatic carboxylic acids is 2. The summed E-state index contributed by atoms with van der Waals surface area (Å²) in [5.41, 5.74) is 0. The molecule has 0 fully saturated rings. The lowest BCUT2D eigenvalue weighted by Crippen LogP contribution is -2.09. The van der Waals surface area contributed by atoms with Crippen molar-refractivity contribution in [3.8, 4) is 0 Å². The fourth-order valence-corrected chi connectivity index (χ4v) is 1.15. The molecule has 31 heavy (non-hydrogen) atoms. The van der Waals surface area contributed by atoms with Gasteiger partial charge in [0.2, 0.25) is 0 Å². The van der Waals surface area contributed by atoms with E-state index >= 15 is 0 Å². The van der Waals surface area contributed by atoms with E-state index < -0.39 is 30.0 Å². The Morgan fingerprint density at radius 1 is 0.903 bits per heavy atom. The standard InChI is InChI=1S/C8H10O4.C4H4O4.C4H10O2.C3H8O2/c9-7-3-4-8(10)12-6-2-1-5-11-7;5-3(6)1-2-4(7)8;5-3-1-2-4-6;1-3(5)2-4/h3-4H,1-2,5-6H2;1-2H,(H,5,6)(H,7,8);5-6H,1-4H2;3-5H,2H2,1H3/b4-3-;2-1-;;. The number of ether oxygens (including phenoxy) is 2. The first kappa shape index (κ1) is 32.9. The molecule has 12 nitrogen and oxygen atoms in total. The lowest BCUT2D eigenvalue weighted by atomic mass is 10.3. The van der Waals surface area contributed by atoms with Gasteiger partial charge in [0, 0.05) is 37.5 Å². The van der Waals surface area contributed by atoms with E-state index in [0.29, 0.717) is 25.4 Å². The van der Waals surface area contributed by atoms with Crippen LogP contribution in [0.25, 0.3) is 0 Å². The number of aliphatic hydroxyl groups excluding tert-OH is 4. The van der Waals surface area contributed by atoms with Gasteiger partial charge in [0.05, 0.1) is 25.9 Å². The van der Waals surface area contributed by atoms with E-state index in [9.17, 15) is 19.2 Å². The SMILES string of the molecule is CC(O)CO.O=C(O)/C=C\C(=O)O.O=C1/C=C\C(=O)OCCCCO1.OCCCCO. The van der Waals surface area contributed by atoms with Gasteiger partial charge in [-0.05, 0) is 32.6 Å². The topological polar surface area (TPSA) is 208 Å². The van der Waals surface area contributed by atoms with Crippen LogP contribution in [-0.2, 0) is 28.7 Å². The fraction of sp³-hybridized carbons (Fsp3) is 0.579. The van der Waals surface area contributed by atoms with Gasteiger partial charge < -0.3 is 40.1 Å². The molecule has 0 aromatic rings. The van der Waals surface area contributed by atoms with Crippen LogP contribution in [-0.4, -0.2) is 93.7 Å².